The number of benzene rings is 1. The molecule has 0 bridgehead atoms. The van der Waals surface area contributed by atoms with Crippen LogP contribution in [0.3, 0.4) is 0 Å². The molecule has 0 spiro atoms. The van der Waals surface area contributed by atoms with Gasteiger partial charge in [-0.2, -0.15) is 8.42 Å². The maximum atomic E-state index is 12.5. The molecule has 0 atom stereocenters. The van der Waals surface area contributed by atoms with Crippen LogP contribution in [0, 0.1) is 0 Å². The number of nitrogens with one attached hydrogen (secondary N) is 1. The number of hydrogen-bond donors (Lipinski definition) is 1. The number of nitrogens with zero attached hydrogens (tertiary/aromatic N) is 3. The summed E-state index contributed by atoms with van der Waals surface area (Å²) in [5.41, 5.74) is 0.505. The van der Waals surface area contributed by atoms with E-state index in [0.29, 0.717) is 22.8 Å². The Labute approximate surface area is 176 Å². The fraction of sp³-hybridized carbons (Fsp3) is 0.211. The Bertz CT molecular complexity index is 1150. The third-order valence-electron chi connectivity index (χ3n) is 4.43. The van der Waals surface area contributed by atoms with Crippen molar-refractivity contribution in [2.45, 2.75) is 17.7 Å². The molecular weight excluding hydrogens is 428 g/mol. The molecule has 3 heterocycles. The van der Waals surface area contributed by atoms with Crippen LogP contribution in [0.2, 0.25) is 0 Å². The summed E-state index contributed by atoms with van der Waals surface area (Å²) in [7, 11) is -1.93. The molecule has 3 aromatic rings. The molecule has 1 aromatic carbocycles. The molecule has 4 rings (SSSR count). The van der Waals surface area contributed by atoms with Gasteiger partial charge in [-0.15, -0.1) is 27.1 Å². The van der Waals surface area contributed by atoms with Crippen LogP contribution < -0.4 is 5.32 Å². The van der Waals surface area contributed by atoms with Gasteiger partial charge in [0.2, 0.25) is 0 Å². The van der Waals surface area contributed by atoms with Crippen molar-refractivity contribution in [1.82, 2.24) is 9.88 Å². The molecule has 0 unspecified atom stereocenters. The summed E-state index contributed by atoms with van der Waals surface area (Å²) in [6.07, 6.45) is 3.11. The average molecular weight is 447 g/mol. The molecule has 7 nitrogen and oxygen atoms in total. The number of likely N-dealkylation sites (tertiary alicyclic amines) is 1. The van der Waals surface area contributed by atoms with Gasteiger partial charge in [0.05, 0.1) is 16.0 Å². The number of carbonyl (C=O) groups is 1. The van der Waals surface area contributed by atoms with E-state index in [-0.39, 0.29) is 10.8 Å². The first kappa shape index (κ1) is 19.7. The number of thiophene rings is 1. The lowest BCUT2D eigenvalue weighted by molar-refractivity contribution is 0.103. The first-order valence-electron chi connectivity index (χ1n) is 8.88. The predicted molar refractivity (Wildman–Crippen MR) is 116 cm³/mol. The number of sulfonamides is 1. The van der Waals surface area contributed by atoms with E-state index in [4.69, 9.17) is 0 Å². The molecule has 1 saturated heterocycles. The number of thiazole rings is 1. The summed E-state index contributed by atoms with van der Waals surface area (Å²) in [6, 6.07) is 9.92. The Morgan fingerprint density at radius 3 is 2.69 bits per heavy atom. The first-order valence-corrected chi connectivity index (χ1v) is 12.0. The van der Waals surface area contributed by atoms with Crippen LogP contribution in [-0.2, 0) is 10.0 Å². The molecule has 29 heavy (non-hydrogen) atoms. The van der Waals surface area contributed by atoms with Crippen LogP contribution in [0.1, 0.15) is 22.5 Å². The second kappa shape index (κ2) is 8.05. The molecule has 0 radical (unpaired) electrons. The third-order valence-corrected chi connectivity index (χ3v) is 7.79. The van der Waals surface area contributed by atoms with Gasteiger partial charge in [-0.25, -0.2) is 4.98 Å². The minimum absolute atomic E-state index is 0.0982. The zero-order chi connectivity index (χ0) is 20.4. The zero-order valence-corrected chi connectivity index (χ0v) is 18.0. The molecule has 1 aliphatic rings. The van der Waals surface area contributed by atoms with Gasteiger partial charge >= 0.3 is 0 Å². The molecule has 1 amide bonds. The van der Waals surface area contributed by atoms with Crippen LogP contribution in [-0.4, -0.2) is 43.6 Å². The SMILES string of the molecule is CN1CCC/C1=N\S(=O)(=O)c1ccc(NC(=O)c2cnc(-c3cccs3)s2)cc1. The Hall–Kier alpha value is -2.56. The number of hydrogen-bond acceptors (Lipinski definition) is 6. The monoisotopic (exact) mass is 446 g/mol. The first-order chi connectivity index (χ1) is 13.9. The number of amides is 1. The number of carbonyl (C=O) groups excluding carboxylic acids is 1. The molecule has 150 valence electrons. The number of aromatic nitrogens is 1. The number of anilines is 1. The van der Waals surface area contributed by atoms with Crippen molar-refractivity contribution in [2.75, 3.05) is 18.9 Å². The van der Waals surface area contributed by atoms with Crippen molar-refractivity contribution >= 4 is 50.1 Å². The fourth-order valence-corrected chi connectivity index (χ4v) is 5.61. The van der Waals surface area contributed by atoms with Crippen molar-refractivity contribution in [3.63, 3.8) is 0 Å². The highest BCUT2D eigenvalue weighted by molar-refractivity contribution is 7.90. The summed E-state index contributed by atoms with van der Waals surface area (Å²) in [5, 5.41) is 5.53. The zero-order valence-electron chi connectivity index (χ0n) is 15.5. The minimum atomic E-state index is -3.77. The fourth-order valence-electron chi connectivity index (χ4n) is 2.90. The van der Waals surface area contributed by atoms with E-state index in [1.807, 2.05) is 29.5 Å². The van der Waals surface area contributed by atoms with Crippen LogP contribution in [0.5, 0.6) is 0 Å². The maximum absolute atomic E-state index is 12.5. The van der Waals surface area contributed by atoms with Crippen molar-refractivity contribution < 1.29 is 13.2 Å². The minimum Gasteiger partial charge on any atom is -0.362 e. The van der Waals surface area contributed by atoms with Gasteiger partial charge in [0.25, 0.3) is 15.9 Å². The van der Waals surface area contributed by atoms with Gasteiger partial charge in [0.15, 0.2) is 0 Å². The number of amidine groups is 1. The molecule has 1 fully saturated rings. The average Bonchev–Trinajstić information content (AvgIpc) is 3.44. The normalized spacial score (nSPS) is 15.8. The third kappa shape index (κ3) is 4.39. The molecule has 0 saturated carbocycles. The standard InChI is InChI=1S/C19H18N4O3S3/c1-23-10-2-5-17(23)22-29(25,26)14-8-6-13(7-9-14)21-18(24)16-12-20-19(28-16)15-4-3-11-27-15/h3-4,6-9,11-12H,2,5,10H2,1H3,(H,21,24)/b22-17+. The van der Waals surface area contributed by atoms with Gasteiger partial charge in [0, 0.05) is 25.7 Å². The molecular formula is C19H18N4O3S3. The van der Waals surface area contributed by atoms with Crippen molar-refractivity contribution in [3.8, 4) is 9.88 Å². The Morgan fingerprint density at radius 2 is 2.03 bits per heavy atom. The number of rotatable bonds is 5. The van der Waals surface area contributed by atoms with E-state index in [1.165, 1.54) is 23.5 Å². The highest BCUT2D eigenvalue weighted by Crippen LogP contribution is 2.29. The van der Waals surface area contributed by atoms with Crippen LogP contribution in [0.15, 0.2) is 57.3 Å². The lowest BCUT2D eigenvalue weighted by Gasteiger charge is -2.11. The molecule has 2 aromatic heterocycles. The van der Waals surface area contributed by atoms with E-state index >= 15 is 0 Å². The van der Waals surface area contributed by atoms with Crippen LogP contribution >= 0.6 is 22.7 Å². The Morgan fingerprint density at radius 1 is 1.24 bits per heavy atom. The summed E-state index contributed by atoms with van der Waals surface area (Å²) < 4.78 is 28.9. The van der Waals surface area contributed by atoms with E-state index in [1.54, 1.807) is 29.7 Å². The van der Waals surface area contributed by atoms with Gasteiger partial charge in [-0.3, -0.25) is 4.79 Å². The smallest absolute Gasteiger partial charge is 0.283 e. The van der Waals surface area contributed by atoms with Gasteiger partial charge < -0.3 is 10.2 Å². The maximum Gasteiger partial charge on any atom is 0.283 e. The molecule has 10 heteroatoms. The summed E-state index contributed by atoms with van der Waals surface area (Å²) in [4.78, 5) is 20.2. The van der Waals surface area contributed by atoms with E-state index < -0.39 is 10.0 Å². The van der Waals surface area contributed by atoms with Crippen LogP contribution in [0.4, 0.5) is 5.69 Å². The second-order valence-corrected chi connectivity index (χ2v) is 10.1. The van der Waals surface area contributed by atoms with E-state index in [9.17, 15) is 13.2 Å². The summed E-state index contributed by atoms with van der Waals surface area (Å²) >= 11 is 2.88. The summed E-state index contributed by atoms with van der Waals surface area (Å²) in [6.45, 7) is 0.811. The Kier molecular flexibility index (Phi) is 5.48. The summed E-state index contributed by atoms with van der Waals surface area (Å²) in [5.74, 6) is 0.294. The van der Waals surface area contributed by atoms with E-state index in [0.717, 1.165) is 22.9 Å². The van der Waals surface area contributed by atoms with Crippen molar-refractivity contribution in [2.24, 2.45) is 4.40 Å². The van der Waals surface area contributed by atoms with E-state index in [2.05, 4.69) is 14.7 Å². The van der Waals surface area contributed by atoms with Gasteiger partial charge in [-0.05, 0) is 42.1 Å². The molecule has 1 aliphatic heterocycles. The van der Waals surface area contributed by atoms with Gasteiger partial charge in [-0.1, -0.05) is 6.07 Å². The van der Waals surface area contributed by atoms with Crippen molar-refractivity contribution in [1.29, 1.82) is 0 Å². The second-order valence-electron chi connectivity index (χ2n) is 6.49. The van der Waals surface area contributed by atoms with Crippen molar-refractivity contribution in [3.05, 3.63) is 52.9 Å². The topological polar surface area (TPSA) is 91.7 Å². The highest BCUT2D eigenvalue weighted by Gasteiger charge is 2.20. The van der Waals surface area contributed by atoms with Crippen LogP contribution in [0.25, 0.3) is 9.88 Å². The lowest BCUT2D eigenvalue weighted by atomic mass is 10.3. The lowest BCUT2D eigenvalue weighted by Crippen LogP contribution is -2.20. The molecule has 0 aliphatic carbocycles. The van der Waals surface area contributed by atoms with Gasteiger partial charge in [0.1, 0.15) is 15.7 Å². The molecule has 1 N–H and O–H groups in total. The largest absolute Gasteiger partial charge is 0.362 e. The Balaban J connectivity index is 1.46. The highest BCUT2D eigenvalue weighted by atomic mass is 32.2. The quantitative estimate of drug-likeness (QED) is 0.641. The predicted octanol–water partition coefficient (Wildman–Crippen LogP) is 3.94.